The second kappa shape index (κ2) is 7.03. The van der Waals surface area contributed by atoms with E-state index in [-0.39, 0.29) is 16.7 Å². The molecule has 1 aliphatic rings. The van der Waals surface area contributed by atoms with E-state index in [1.165, 1.54) is 25.7 Å². The molecule has 116 valence electrons. The third kappa shape index (κ3) is 4.27. The lowest BCUT2D eigenvalue weighted by Gasteiger charge is -2.34. The van der Waals surface area contributed by atoms with Gasteiger partial charge in [-0.05, 0) is 37.2 Å². The van der Waals surface area contributed by atoms with E-state index < -0.39 is 0 Å². The molecule has 0 aliphatic heterocycles. The zero-order chi connectivity index (χ0) is 15.4. The zero-order valence-corrected chi connectivity index (χ0v) is 13.2. The number of nitro benzene ring substituents is 1. The van der Waals surface area contributed by atoms with Crippen LogP contribution in [-0.2, 0) is 0 Å². The molecule has 0 aromatic heterocycles. The first-order valence-electron chi connectivity index (χ1n) is 7.97. The van der Waals surface area contributed by atoms with Gasteiger partial charge in [0.25, 0.3) is 5.69 Å². The molecule has 0 amide bonds. The van der Waals surface area contributed by atoms with E-state index in [4.69, 9.17) is 0 Å². The number of nitrogens with zero attached hydrogens (tertiary/aromatic N) is 1. The van der Waals surface area contributed by atoms with E-state index in [2.05, 4.69) is 26.1 Å². The summed E-state index contributed by atoms with van der Waals surface area (Å²) < 4.78 is 0. The molecule has 1 saturated carbocycles. The molecule has 1 aromatic rings. The van der Waals surface area contributed by atoms with Crippen LogP contribution < -0.4 is 5.32 Å². The number of nitrogens with one attached hydrogen (secondary N) is 1. The van der Waals surface area contributed by atoms with Gasteiger partial charge in [0, 0.05) is 24.2 Å². The maximum Gasteiger partial charge on any atom is 0.269 e. The van der Waals surface area contributed by atoms with Gasteiger partial charge in [-0.15, -0.1) is 0 Å². The minimum Gasteiger partial charge on any atom is -0.307 e. The topological polar surface area (TPSA) is 55.2 Å². The van der Waals surface area contributed by atoms with Crippen molar-refractivity contribution < 1.29 is 4.92 Å². The molecular weight excluding hydrogens is 264 g/mol. The molecule has 1 N–H and O–H groups in total. The first kappa shape index (κ1) is 16.0. The summed E-state index contributed by atoms with van der Waals surface area (Å²) in [4.78, 5) is 10.5. The normalized spacial score (nSPS) is 24.0. The van der Waals surface area contributed by atoms with E-state index in [1.54, 1.807) is 18.2 Å². The average Bonchev–Trinajstić information content (AvgIpc) is 2.47. The van der Waals surface area contributed by atoms with Crippen LogP contribution in [0.4, 0.5) is 5.69 Å². The smallest absolute Gasteiger partial charge is 0.269 e. The van der Waals surface area contributed by atoms with E-state index in [1.807, 2.05) is 6.07 Å². The number of benzene rings is 1. The second-order valence-electron chi connectivity index (χ2n) is 6.61. The van der Waals surface area contributed by atoms with Gasteiger partial charge in [-0.3, -0.25) is 10.1 Å². The van der Waals surface area contributed by atoms with Crippen LogP contribution >= 0.6 is 0 Å². The molecule has 0 spiro atoms. The first-order chi connectivity index (χ1) is 9.97. The number of hydrogen-bond donors (Lipinski definition) is 1. The van der Waals surface area contributed by atoms with Crippen LogP contribution in [0, 0.1) is 22.0 Å². The Morgan fingerprint density at radius 2 is 2.05 bits per heavy atom. The van der Waals surface area contributed by atoms with E-state index >= 15 is 0 Å². The fourth-order valence-electron chi connectivity index (χ4n) is 3.34. The molecule has 0 bridgehead atoms. The van der Waals surface area contributed by atoms with Gasteiger partial charge in [0.1, 0.15) is 0 Å². The first-order valence-corrected chi connectivity index (χ1v) is 7.97. The Kier molecular flexibility index (Phi) is 5.34. The lowest BCUT2D eigenvalue weighted by atomic mass is 9.79. The van der Waals surface area contributed by atoms with E-state index in [9.17, 15) is 10.1 Å². The van der Waals surface area contributed by atoms with Crippen LogP contribution in [-0.4, -0.2) is 11.0 Å². The van der Waals surface area contributed by atoms with Crippen molar-refractivity contribution in [3.05, 3.63) is 39.9 Å². The van der Waals surface area contributed by atoms with Crippen LogP contribution in [0.5, 0.6) is 0 Å². The molecule has 1 aliphatic carbocycles. The summed E-state index contributed by atoms with van der Waals surface area (Å²) in [5.74, 6) is 1.54. The van der Waals surface area contributed by atoms with Crippen molar-refractivity contribution in [1.29, 1.82) is 0 Å². The number of hydrogen-bond acceptors (Lipinski definition) is 3. The summed E-state index contributed by atoms with van der Waals surface area (Å²) in [6.45, 7) is 6.70. The lowest BCUT2D eigenvalue weighted by molar-refractivity contribution is -0.384. The highest BCUT2D eigenvalue weighted by Gasteiger charge is 2.25. The van der Waals surface area contributed by atoms with Crippen molar-refractivity contribution in [1.82, 2.24) is 5.32 Å². The number of rotatable bonds is 5. The van der Waals surface area contributed by atoms with Crippen molar-refractivity contribution in [2.24, 2.45) is 11.8 Å². The van der Waals surface area contributed by atoms with Crippen LogP contribution in [0.1, 0.15) is 58.1 Å². The Balaban J connectivity index is 1.99. The van der Waals surface area contributed by atoms with E-state index in [0.29, 0.717) is 6.04 Å². The Hall–Kier alpha value is -1.42. The molecule has 3 unspecified atom stereocenters. The van der Waals surface area contributed by atoms with Gasteiger partial charge >= 0.3 is 0 Å². The summed E-state index contributed by atoms with van der Waals surface area (Å²) in [5.41, 5.74) is 1.17. The molecule has 1 aromatic carbocycles. The molecule has 0 heterocycles. The average molecular weight is 290 g/mol. The molecule has 1 fully saturated rings. The summed E-state index contributed by atoms with van der Waals surface area (Å²) in [7, 11) is 0. The maximum absolute atomic E-state index is 10.9. The van der Waals surface area contributed by atoms with Crippen molar-refractivity contribution in [3.63, 3.8) is 0 Å². The quantitative estimate of drug-likeness (QED) is 0.643. The van der Waals surface area contributed by atoms with Crippen LogP contribution in [0.25, 0.3) is 0 Å². The fourth-order valence-corrected chi connectivity index (χ4v) is 3.34. The maximum atomic E-state index is 10.9. The Bertz CT molecular complexity index is 487. The number of nitro groups is 1. The molecule has 2 rings (SSSR count). The largest absolute Gasteiger partial charge is 0.307 e. The highest BCUT2D eigenvalue weighted by molar-refractivity contribution is 5.35. The SMILES string of the molecule is CC(NC1CCCC(C(C)C)C1)c1cccc([N+](=O)[O-])c1. The minimum atomic E-state index is -0.328. The van der Waals surface area contributed by atoms with Gasteiger partial charge in [-0.2, -0.15) is 0 Å². The van der Waals surface area contributed by atoms with Gasteiger partial charge in [0.05, 0.1) is 4.92 Å². The summed E-state index contributed by atoms with van der Waals surface area (Å²) in [6, 6.07) is 7.64. The molecule has 4 nitrogen and oxygen atoms in total. The van der Waals surface area contributed by atoms with Gasteiger partial charge in [-0.25, -0.2) is 0 Å². The summed E-state index contributed by atoms with van der Waals surface area (Å²) in [6.07, 6.45) is 5.04. The van der Waals surface area contributed by atoms with Crippen molar-refractivity contribution in [2.45, 2.75) is 58.5 Å². The predicted molar refractivity (Wildman–Crippen MR) is 85.2 cm³/mol. The minimum absolute atomic E-state index is 0.154. The lowest BCUT2D eigenvalue weighted by Crippen LogP contribution is -2.37. The highest BCUT2D eigenvalue weighted by Crippen LogP contribution is 2.31. The van der Waals surface area contributed by atoms with Crippen LogP contribution in [0.2, 0.25) is 0 Å². The Labute approximate surface area is 127 Å². The third-order valence-corrected chi connectivity index (χ3v) is 4.72. The van der Waals surface area contributed by atoms with Crippen LogP contribution in [0.3, 0.4) is 0 Å². The summed E-state index contributed by atoms with van der Waals surface area (Å²) in [5, 5.41) is 14.5. The Morgan fingerprint density at radius 3 is 2.71 bits per heavy atom. The molecule has 0 saturated heterocycles. The monoisotopic (exact) mass is 290 g/mol. The molecule has 4 heteroatoms. The predicted octanol–water partition coefficient (Wildman–Crippen LogP) is 4.46. The van der Waals surface area contributed by atoms with Gasteiger partial charge in [0.2, 0.25) is 0 Å². The van der Waals surface area contributed by atoms with Crippen LogP contribution in [0.15, 0.2) is 24.3 Å². The molecular formula is C17H26N2O2. The number of non-ortho nitro benzene ring substituents is 1. The standard InChI is InChI=1S/C17H26N2O2/c1-12(2)14-6-4-8-16(10-14)18-13(3)15-7-5-9-17(11-15)19(20)21/h5,7,9,11-14,16,18H,4,6,8,10H2,1-3H3. The highest BCUT2D eigenvalue weighted by atomic mass is 16.6. The van der Waals surface area contributed by atoms with Gasteiger partial charge in [0.15, 0.2) is 0 Å². The molecule has 3 atom stereocenters. The van der Waals surface area contributed by atoms with Gasteiger partial charge < -0.3 is 5.32 Å². The van der Waals surface area contributed by atoms with Crippen molar-refractivity contribution in [2.75, 3.05) is 0 Å². The van der Waals surface area contributed by atoms with Gasteiger partial charge in [-0.1, -0.05) is 38.8 Å². The molecule has 0 radical (unpaired) electrons. The third-order valence-electron chi connectivity index (χ3n) is 4.72. The Morgan fingerprint density at radius 1 is 1.29 bits per heavy atom. The molecule has 21 heavy (non-hydrogen) atoms. The summed E-state index contributed by atoms with van der Waals surface area (Å²) >= 11 is 0. The fraction of sp³-hybridized carbons (Fsp3) is 0.647. The van der Waals surface area contributed by atoms with E-state index in [0.717, 1.165) is 17.4 Å². The zero-order valence-electron chi connectivity index (χ0n) is 13.2. The van der Waals surface area contributed by atoms with Crippen molar-refractivity contribution in [3.8, 4) is 0 Å². The van der Waals surface area contributed by atoms with Crippen molar-refractivity contribution >= 4 is 5.69 Å². The second-order valence-corrected chi connectivity index (χ2v) is 6.61.